The Labute approximate surface area is 143 Å². The van der Waals surface area contributed by atoms with Crippen molar-refractivity contribution in [2.45, 2.75) is 34.1 Å². The van der Waals surface area contributed by atoms with Crippen molar-refractivity contribution in [1.82, 2.24) is 24.9 Å². The summed E-state index contributed by atoms with van der Waals surface area (Å²) >= 11 is 0. The summed E-state index contributed by atoms with van der Waals surface area (Å²) in [6.45, 7) is 7.05. The van der Waals surface area contributed by atoms with Crippen molar-refractivity contribution >= 4 is 11.7 Å². The minimum absolute atomic E-state index is 0.128. The fraction of sp³-hybridized carbons (Fsp3) is 0.312. The molecule has 3 aromatic heterocycles. The van der Waals surface area contributed by atoms with E-state index in [0.29, 0.717) is 28.7 Å². The van der Waals surface area contributed by atoms with E-state index in [-0.39, 0.29) is 23.8 Å². The van der Waals surface area contributed by atoms with Crippen LogP contribution in [0, 0.1) is 27.7 Å². The van der Waals surface area contributed by atoms with Gasteiger partial charge in [-0.3, -0.25) is 14.6 Å². The van der Waals surface area contributed by atoms with Gasteiger partial charge in [0.25, 0.3) is 5.56 Å². The third kappa shape index (κ3) is 3.49. The van der Waals surface area contributed by atoms with E-state index in [4.69, 9.17) is 4.52 Å². The Balaban J connectivity index is 1.88. The second-order valence-corrected chi connectivity index (χ2v) is 5.82. The number of carbonyl (C=O) groups is 1. The van der Waals surface area contributed by atoms with E-state index in [1.54, 1.807) is 33.8 Å². The zero-order valence-corrected chi connectivity index (χ0v) is 14.4. The van der Waals surface area contributed by atoms with Crippen LogP contribution in [0.1, 0.15) is 28.4 Å². The summed E-state index contributed by atoms with van der Waals surface area (Å²) in [6.07, 6.45) is 0.128. The third-order valence-corrected chi connectivity index (χ3v) is 3.68. The molecular weight excluding hydrogens is 324 g/mol. The summed E-state index contributed by atoms with van der Waals surface area (Å²) in [7, 11) is 0. The second-order valence-electron chi connectivity index (χ2n) is 5.82. The van der Waals surface area contributed by atoms with E-state index in [9.17, 15) is 9.59 Å². The molecule has 3 aromatic rings. The average molecular weight is 342 g/mol. The van der Waals surface area contributed by atoms with Gasteiger partial charge in [-0.1, -0.05) is 5.16 Å². The molecule has 2 N–H and O–H groups in total. The maximum Gasteiger partial charge on any atom is 0.252 e. The molecule has 0 aliphatic carbocycles. The topological polar surface area (TPSA) is 119 Å². The van der Waals surface area contributed by atoms with Crippen LogP contribution in [0.4, 0.5) is 5.82 Å². The van der Waals surface area contributed by atoms with Gasteiger partial charge in [0.1, 0.15) is 11.6 Å². The number of H-pyrrole nitrogens is 1. The van der Waals surface area contributed by atoms with E-state index < -0.39 is 0 Å². The molecule has 130 valence electrons. The highest BCUT2D eigenvalue weighted by Gasteiger charge is 2.17. The van der Waals surface area contributed by atoms with E-state index in [1.165, 1.54) is 10.7 Å². The van der Waals surface area contributed by atoms with Gasteiger partial charge < -0.3 is 9.84 Å². The first-order valence-electron chi connectivity index (χ1n) is 7.70. The summed E-state index contributed by atoms with van der Waals surface area (Å²) in [5, 5.41) is 10.9. The minimum Gasteiger partial charge on any atom is -0.361 e. The van der Waals surface area contributed by atoms with Gasteiger partial charge in [0.05, 0.1) is 17.8 Å². The molecule has 3 rings (SSSR count). The molecule has 9 nitrogen and oxygen atoms in total. The standard InChI is InChI=1S/C16H18N6O3/c1-8-6-14(23)19-16(17-8)22-13(5-9(2)20-22)18-15(24)7-12-10(3)21-25-11(12)4/h5-6H,7H2,1-4H3,(H,18,24)(H,17,19,23). The van der Waals surface area contributed by atoms with Gasteiger partial charge in [-0.2, -0.15) is 9.78 Å². The summed E-state index contributed by atoms with van der Waals surface area (Å²) in [5.74, 6) is 1.03. The van der Waals surface area contributed by atoms with Crippen molar-refractivity contribution in [3.8, 4) is 5.95 Å². The molecule has 0 aliphatic rings. The molecule has 25 heavy (non-hydrogen) atoms. The van der Waals surface area contributed by atoms with Crippen molar-refractivity contribution < 1.29 is 9.32 Å². The molecule has 0 fully saturated rings. The minimum atomic E-state index is -0.288. The number of nitrogens with zero attached hydrogens (tertiary/aromatic N) is 4. The van der Waals surface area contributed by atoms with Crippen LogP contribution < -0.4 is 10.9 Å². The highest BCUT2D eigenvalue weighted by molar-refractivity contribution is 5.92. The first-order valence-corrected chi connectivity index (χ1v) is 7.70. The maximum absolute atomic E-state index is 12.4. The molecule has 0 atom stereocenters. The highest BCUT2D eigenvalue weighted by atomic mass is 16.5. The van der Waals surface area contributed by atoms with Crippen molar-refractivity contribution in [3.63, 3.8) is 0 Å². The first kappa shape index (κ1) is 16.6. The van der Waals surface area contributed by atoms with Crippen LogP contribution >= 0.6 is 0 Å². The largest absolute Gasteiger partial charge is 0.361 e. The number of hydrogen-bond donors (Lipinski definition) is 2. The van der Waals surface area contributed by atoms with Crippen LogP contribution in [-0.4, -0.2) is 30.8 Å². The van der Waals surface area contributed by atoms with E-state index in [0.717, 1.165) is 5.56 Å². The van der Waals surface area contributed by atoms with Crippen molar-refractivity contribution in [3.05, 3.63) is 50.9 Å². The number of carbonyl (C=O) groups excluding carboxylic acids is 1. The lowest BCUT2D eigenvalue weighted by atomic mass is 10.1. The molecule has 0 unspecified atom stereocenters. The third-order valence-electron chi connectivity index (χ3n) is 3.68. The van der Waals surface area contributed by atoms with Gasteiger partial charge in [0.15, 0.2) is 0 Å². The fourth-order valence-electron chi connectivity index (χ4n) is 2.52. The predicted molar refractivity (Wildman–Crippen MR) is 89.8 cm³/mol. The van der Waals surface area contributed by atoms with Gasteiger partial charge >= 0.3 is 0 Å². The summed E-state index contributed by atoms with van der Waals surface area (Å²) in [5.41, 5.74) is 2.38. The lowest BCUT2D eigenvalue weighted by Gasteiger charge is -2.08. The molecule has 0 spiro atoms. The molecule has 9 heteroatoms. The maximum atomic E-state index is 12.4. The van der Waals surface area contributed by atoms with Crippen LogP contribution in [0.15, 0.2) is 21.5 Å². The number of hydrogen-bond acceptors (Lipinski definition) is 6. The SMILES string of the molecule is Cc1cc(=O)[nH]c(-n2nc(C)cc2NC(=O)Cc2c(C)noc2C)n1. The summed E-state index contributed by atoms with van der Waals surface area (Å²) in [4.78, 5) is 30.9. The van der Waals surface area contributed by atoms with Crippen LogP contribution in [-0.2, 0) is 11.2 Å². The van der Waals surface area contributed by atoms with Gasteiger partial charge in [-0.15, -0.1) is 0 Å². The fourth-order valence-corrected chi connectivity index (χ4v) is 2.52. The highest BCUT2D eigenvalue weighted by Crippen LogP contribution is 2.17. The molecule has 0 saturated heterocycles. The van der Waals surface area contributed by atoms with Crippen LogP contribution in [0.3, 0.4) is 0 Å². The van der Waals surface area contributed by atoms with Crippen LogP contribution in [0.5, 0.6) is 0 Å². The van der Waals surface area contributed by atoms with Gasteiger partial charge in [-0.05, 0) is 27.7 Å². The number of nitrogens with one attached hydrogen (secondary N) is 2. The molecule has 0 radical (unpaired) electrons. The summed E-state index contributed by atoms with van der Waals surface area (Å²) < 4.78 is 6.47. The number of amides is 1. The molecular formula is C16H18N6O3. The Hall–Kier alpha value is -3.23. The van der Waals surface area contributed by atoms with Crippen molar-refractivity contribution in [2.75, 3.05) is 5.32 Å². The van der Waals surface area contributed by atoms with E-state index >= 15 is 0 Å². The Morgan fingerprint density at radius 2 is 2.00 bits per heavy atom. The molecule has 3 heterocycles. The van der Waals surface area contributed by atoms with Crippen molar-refractivity contribution in [2.24, 2.45) is 0 Å². The normalized spacial score (nSPS) is 10.9. The van der Waals surface area contributed by atoms with Gasteiger partial charge in [0, 0.05) is 23.4 Å². The van der Waals surface area contributed by atoms with Gasteiger partial charge in [0.2, 0.25) is 11.9 Å². The predicted octanol–water partition coefficient (Wildman–Crippen LogP) is 1.36. The van der Waals surface area contributed by atoms with Crippen LogP contribution in [0.2, 0.25) is 0 Å². The Morgan fingerprint density at radius 3 is 2.64 bits per heavy atom. The zero-order valence-electron chi connectivity index (χ0n) is 14.4. The monoisotopic (exact) mass is 342 g/mol. The van der Waals surface area contributed by atoms with E-state index in [2.05, 4.69) is 25.5 Å². The number of rotatable bonds is 4. The lowest BCUT2D eigenvalue weighted by molar-refractivity contribution is -0.115. The quantitative estimate of drug-likeness (QED) is 0.739. The molecule has 0 saturated carbocycles. The van der Waals surface area contributed by atoms with E-state index in [1.807, 2.05) is 0 Å². The molecule has 0 bridgehead atoms. The number of aromatic amines is 1. The Morgan fingerprint density at radius 1 is 1.24 bits per heavy atom. The smallest absolute Gasteiger partial charge is 0.252 e. The molecule has 0 aromatic carbocycles. The van der Waals surface area contributed by atoms with Crippen LogP contribution in [0.25, 0.3) is 5.95 Å². The lowest BCUT2D eigenvalue weighted by Crippen LogP contribution is -2.20. The van der Waals surface area contributed by atoms with Gasteiger partial charge in [-0.25, -0.2) is 4.98 Å². The zero-order chi connectivity index (χ0) is 18.1. The average Bonchev–Trinajstić information content (AvgIpc) is 3.03. The molecule has 1 amide bonds. The second kappa shape index (κ2) is 6.34. The Bertz CT molecular complexity index is 978. The summed E-state index contributed by atoms with van der Waals surface area (Å²) in [6, 6.07) is 3.09. The Kier molecular flexibility index (Phi) is 4.22. The first-order chi connectivity index (χ1) is 11.8. The molecule has 0 aliphatic heterocycles. The number of aromatic nitrogens is 5. The number of anilines is 1. The number of aryl methyl sites for hydroxylation is 4. The van der Waals surface area contributed by atoms with Crippen molar-refractivity contribution in [1.29, 1.82) is 0 Å².